The van der Waals surface area contributed by atoms with Gasteiger partial charge in [-0.3, -0.25) is 0 Å². The summed E-state index contributed by atoms with van der Waals surface area (Å²) in [6.45, 7) is 16.9. The summed E-state index contributed by atoms with van der Waals surface area (Å²) in [4.78, 5) is 14.9. The van der Waals surface area contributed by atoms with E-state index in [4.69, 9.17) is 9.97 Å². The molecule has 1 saturated heterocycles. The van der Waals surface area contributed by atoms with E-state index in [1.165, 1.54) is 68.8 Å². The first kappa shape index (κ1) is 22.9. The molecule has 5 heteroatoms. The van der Waals surface area contributed by atoms with Gasteiger partial charge in [-0.1, -0.05) is 38.1 Å². The van der Waals surface area contributed by atoms with Crippen molar-refractivity contribution in [1.82, 2.24) is 24.3 Å². The molecule has 1 aliphatic rings. The molecule has 0 radical (unpaired) electrons. The Morgan fingerprint density at radius 1 is 0.844 bits per heavy atom. The highest BCUT2D eigenvalue weighted by Crippen LogP contribution is 2.21. The Hall–Kier alpha value is -2.24. The van der Waals surface area contributed by atoms with Crippen molar-refractivity contribution < 1.29 is 0 Å². The number of imidazole rings is 1. The van der Waals surface area contributed by atoms with Crippen LogP contribution in [0.4, 0.5) is 0 Å². The minimum absolute atomic E-state index is 0.831. The normalized spacial score (nSPS) is 15.6. The van der Waals surface area contributed by atoms with Crippen molar-refractivity contribution >= 4 is 11.2 Å². The van der Waals surface area contributed by atoms with Crippen molar-refractivity contribution in [2.75, 3.05) is 39.3 Å². The van der Waals surface area contributed by atoms with E-state index in [0.717, 1.165) is 42.1 Å². The molecule has 5 nitrogen and oxygen atoms in total. The van der Waals surface area contributed by atoms with Gasteiger partial charge in [0.15, 0.2) is 5.65 Å². The van der Waals surface area contributed by atoms with Gasteiger partial charge in [0.05, 0.1) is 6.54 Å². The van der Waals surface area contributed by atoms with E-state index in [-0.39, 0.29) is 0 Å². The first-order valence-corrected chi connectivity index (χ1v) is 12.4. The Labute approximate surface area is 193 Å². The lowest BCUT2D eigenvalue weighted by molar-refractivity contribution is 0.131. The summed E-state index contributed by atoms with van der Waals surface area (Å²) in [7, 11) is 0. The van der Waals surface area contributed by atoms with Crippen molar-refractivity contribution in [3.05, 3.63) is 58.5 Å². The summed E-state index contributed by atoms with van der Waals surface area (Å²) in [6, 6.07) is 11.3. The predicted octanol–water partition coefficient (Wildman–Crippen LogP) is 4.62. The van der Waals surface area contributed by atoms with Gasteiger partial charge in [-0.25, -0.2) is 9.97 Å². The van der Waals surface area contributed by atoms with E-state index >= 15 is 0 Å². The number of aryl methyl sites for hydroxylation is 4. The molecule has 1 aliphatic heterocycles. The third-order valence-corrected chi connectivity index (χ3v) is 6.73. The smallest absolute Gasteiger partial charge is 0.160 e. The van der Waals surface area contributed by atoms with Crippen LogP contribution in [0.5, 0.6) is 0 Å². The van der Waals surface area contributed by atoms with Crippen LogP contribution in [-0.4, -0.2) is 63.6 Å². The van der Waals surface area contributed by atoms with Gasteiger partial charge in [-0.2, -0.15) is 0 Å². The topological polar surface area (TPSA) is 37.2 Å². The third kappa shape index (κ3) is 5.38. The number of benzene rings is 1. The Morgan fingerprint density at radius 3 is 2.16 bits per heavy atom. The van der Waals surface area contributed by atoms with Crippen LogP contribution in [-0.2, 0) is 19.4 Å². The Bertz CT molecular complexity index is 1010. The number of pyridine rings is 1. The second-order valence-corrected chi connectivity index (χ2v) is 9.32. The van der Waals surface area contributed by atoms with E-state index in [1.807, 2.05) is 0 Å². The molecule has 3 heterocycles. The van der Waals surface area contributed by atoms with Crippen molar-refractivity contribution in [3.8, 4) is 0 Å². The lowest BCUT2D eigenvalue weighted by Crippen LogP contribution is -2.46. The lowest BCUT2D eigenvalue weighted by Gasteiger charge is -2.34. The summed E-state index contributed by atoms with van der Waals surface area (Å²) in [6.07, 6.45) is 4.58. The standard InChI is InChI=1S/C27H39N5/c1-5-13-30-15-17-31(18-16-30)14-7-8-23-9-11-24(12-10-23)20-32-25(6-2)29-26-21(3)19-22(4)28-27(26)32/h9-12,19H,5-8,13-18,20H2,1-4H3. The van der Waals surface area contributed by atoms with Crippen molar-refractivity contribution in [1.29, 1.82) is 0 Å². The van der Waals surface area contributed by atoms with Gasteiger partial charge in [0.1, 0.15) is 11.3 Å². The van der Waals surface area contributed by atoms with E-state index in [1.54, 1.807) is 0 Å². The maximum atomic E-state index is 4.88. The molecular weight excluding hydrogens is 394 g/mol. The van der Waals surface area contributed by atoms with Gasteiger partial charge in [0.25, 0.3) is 0 Å². The number of hydrogen-bond acceptors (Lipinski definition) is 4. The molecule has 0 spiro atoms. The van der Waals surface area contributed by atoms with E-state index in [2.05, 4.69) is 72.4 Å². The lowest BCUT2D eigenvalue weighted by atomic mass is 10.1. The minimum Gasteiger partial charge on any atom is -0.308 e. The molecule has 172 valence electrons. The van der Waals surface area contributed by atoms with Crippen LogP contribution >= 0.6 is 0 Å². The molecule has 4 rings (SSSR count). The van der Waals surface area contributed by atoms with Gasteiger partial charge in [-0.15, -0.1) is 0 Å². The molecule has 2 aromatic heterocycles. The predicted molar refractivity (Wildman–Crippen MR) is 133 cm³/mol. The fourth-order valence-corrected chi connectivity index (χ4v) is 4.94. The van der Waals surface area contributed by atoms with Crippen molar-refractivity contribution in [2.24, 2.45) is 0 Å². The zero-order valence-electron chi connectivity index (χ0n) is 20.4. The molecule has 0 aliphatic carbocycles. The quantitative estimate of drug-likeness (QED) is 0.493. The second kappa shape index (κ2) is 10.6. The second-order valence-electron chi connectivity index (χ2n) is 9.32. The summed E-state index contributed by atoms with van der Waals surface area (Å²) in [5.74, 6) is 1.12. The minimum atomic E-state index is 0.831. The van der Waals surface area contributed by atoms with E-state index < -0.39 is 0 Å². The summed E-state index contributed by atoms with van der Waals surface area (Å²) >= 11 is 0. The maximum Gasteiger partial charge on any atom is 0.160 e. The molecule has 0 N–H and O–H groups in total. The highest BCUT2D eigenvalue weighted by atomic mass is 15.3. The number of aromatic nitrogens is 3. The van der Waals surface area contributed by atoms with Crippen LogP contribution in [0.1, 0.15) is 54.9 Å². The van der Waals surface area contributed by atoms with Crippen LogP contribution in [0.15, 0.2) is 30.3 Å². The molecule has 0 unspecified atom stereocenters. The van der Waals surface area contributed by atoms with E-state index in [0.29, 0.717) is 0 Å². The van der Waals surface area contributed by atoms with Gasteiger partial charge < -0.3 is 14.4 Å². The molecule has 1 aromatic carbocycles. The monoisotopic (exact) mass is 433 g/mol. The van der Waals surface area contributed by atoms with Crippen LogP contribution < -0.4 is 0 Å². The summed E-state index contributed by atoms with van der Waals surface area (Å²) in [5.41, 5.74) is 7.08. The molecule has 32 heavy (non-hydrogen) atoms. The Morgan fingerprint density at radius 2 is 1.50 bits per heavy atom. The average molecular weight is 434 g/mol. The van der Waals surface area contributed by atoms with E-state index in [9.17, 15) is 0 Å². The number of rotatable bonds is 9. The summed E-state index contributed by atoms with van der Waals surface area (Å²) in [5, 5.41) is 0. The molecular formula is C27H39N5. The zero-order valence-corrected chi connectivity index (χ0v) is 20.4. The Kier molecular flexibility index (Phi) is 7.59. The fraction of sp³-hybridized carbons (Fsp3) is 0.556. The average Bonchev–Trinajstić information content (AvgIpc) is 3.14. The molecule has 0 atom stereocenters. The molecule has 0 bridgehead atoms. The van der Waals surface area contributed by atoms with Gasteiger partial charge >= 0.3 is 0 Å². The fourth-order valence-electron chi connectivity index (χ4n) is 4.94. The van der Waals surface area contributed by atoms with Crippen LogP contribution in [0.3, 0.4) is 0 Å². The SMILES string of the molecule is CCCN1CCN(CCCc2ccc(Cn3c(CC)nc4c(C)cc(C)nc43)cc2)CC1. The van der Waals surface area contributed by atoms with Gasteiger partial charge in [0, 0.05) is 38.3 Å². The number of fused-ring (bicyclic) bond motifs is 1. The van der Waals surface area contributed by atoms with Gasteiger partial charge in [0.2, 0.25) is 0 Å². The number of hydrogen-bond donors (Lipinski definition) is 0. The largest absolute Gasteiger partial charge is 0.308 e. The first-order valence-electron chi connectivity index (χ1n) is 12.4. The van der Waals surface area contributed by atoms with Crippen LogP contribution in [0, 0.1) is 13.8 Å². The third-order valence-electron chi connectivity index (χ3n) is 6.73. The molecule has 3 aromatic rings. The van der Waals surface area contributed by atoms with Crippen LogP contribution in [0.25, 0.3) is 11.2 Å². The molecule has 0 amide bonds. The first-order chi connectivity index (χ1) is 15.6. The highest BCUT2D eigenvalue weighted by molar-refractivity contribution is 5.76. The molecule has 1 fully saturated rings. The van der Waals surface area contributed by atoms with Crippen LogP contribution in [0.2, 0.25) is 0 Å². The van der Waals surface area contributed by atoms with Crippen molar-refractivity contribution in [2.45, 2.75) is 59.9 Å². The zero-order chi connectivity index (χ0) is 22.5. The highest BCUT2D eigenvalue weighted by Gasteiger charge is 2.16. The number of piperazine rings is 1. The Balaban J connectivity index is 1.34. The maximum absolute atomic E-state index is 4.88. The number of nitrogens with zero attached hydrogens (tertiary/aromatic N) is 5. The molecule has 0 saturated carbocycles. The van der Waals surface area contributed by atoms with Crippen molar-refractivity contribution in [3.63, 3.8) is 0 Å². The van der Waals surface area contributed by atoms with Gasteiger partial charge in [-0.05, 0) is 69.0 Å². The summed E-state index contributed by atoms with van der Waals surface area (Å²) < 4.78 is 2.29.